The van der Waals surface area contributed by atoms with Crippen LogP contribution in [0, 0.1) is 5.82 Å². The summed E-state index contributed by atoms with van der Waals surface area (Å²) < 4.78 is 12.9. The Bertz CT molecular complexity index is 575. The highest BCUT2D eigenvalue weighted by Gasteiger charge is 2.14. The van der Waals surface area contributed by atoms with Gasteiger partial charge in [0.25, 0.3) is 0 Å². The Morgan fingerprint density at radius 2 is 1.85 bits per heavy atom. The van der Waals surface area contributed by atoms with Crippen LogP contribution in [0.4, 0.5) is 4.39 Å². The molecule has 2 rings (SSSR count). The number of hydrogen-bond acceptors (Lipinski definition) is 2. The largest absolute Gasteiger partial charge is 0.312 e. The lowest BCUT2D eigenvalue weighted by molar-refractivity contribution is 0.626. The first-order valence-electron chi connectivity index (χ1n) is 6.10. The molecule has 0 radical (unpaired) electrons. The van der Waals surface area contributed by atoms with E-state index >= 15 is 0 Å². The first-order chi connectivity index (χ1) is 9.60. The van der Waals surface area contributed by atoms with Gasteiger partial charge in [-0.1, -0.05) is 23.2 Å². The summed E-state index contributed by atoms with van der Waals surface area (Å²) >= 11 is 13.9. The zero-order valence-corrected chi connectivity index (χ0v) is 13.2. The maximum absolute atomic E-state index is 12.9. The first kappa shape index (κ1) is 15.6. The maximum Gasteiger partial charge on any atom is 0.123 e. The summed E-state index contributed by atoms with van der Waals surface area (Å²) in [5, 5.41) is 4.58. The molecule has 0 fully saturated rings. The van der Waals surface area contributed by atoms with E-state index in [1.807, 2.05) is 13.1 Å². The molecule has 0 saturated heterocycles. The van der Waals surface area contributed by atoms with Crippen molar-refractivity contribution in [1.82, 2.24) is 5.32 Å². The second kappa shape index (κ2) is 7.32. The van der Waals surface area contributed by atoms with Gasteiger partial charge in [0, 0.05) is 26.7 Å². The second-order valence-electron chi connectivity index (χ2n) is 4.27. The Kier molecular flexibility index (Phi) is 5.73. The molecule has 5 heteroatoms. The van der Waals surface area contributed by atoms with Crippen molar-refractivity contribution >= 4 is 35.0 Å². The van der Waals surface area contributed by atoms with Gasteiger partial charge in [-0.05, 0) is 55.1 Å². The van der Waals surface area contributed by atoms with E-state index in [1.165, 1.54) is 12.1 Å². The van der Waals surface area contributed by atoms with Crippen molar-refractivity contribution in [2.45, 2.75) is 10.9 Å². The average molecular weight is 330 g/mol. The Labute approximate surface area is 132 Å². The lowest BCUT2D eigenvalue weighted by Crippen LogP contribution is -2.19. The van der Waals surface area contributed by atoms with Gasteiger partial charge < -0.3 is 5.32 Å². The van der Waals surface area contributed by atoms with Gasteiger partial charge in [-0.3, -0.25) is 0 Å². The van der Waals surface area contributed by atoms with Crippen molar-refractivity contribution in [3.05, 3.63) is 63.9 Å². The van der Waals surface area contributed by atoms with E-state index in [1.54, 1.807) is 36.0 Å². The summed E-state index contributed by atoms with van der Waals surface area (Å²) in [6, 6.07) is 12.0. The fourth-order valence-electron chi connectivity index (χ4n) is 1.82. The standard InChI is InChI=1S/C15H14Cl2FNS/c1-19-15(13-8-10(16)2-7-14(13)17)9-20-12-5-3-11(18)4-6-12/h2-8,15,19H,9H2,1H3. The lowest BCUT2D eigenvalue weighted by atomic mass is 10.1. The minimum absolute atomic E-state index is 0.0799. The van der Waals surface area contributed by atoms with Gasteiger partial charge in [0.1, 0.15) is 5.82 Å². The van der Waals surface area contributed by atoms with Crippen molar-refractivity contribution in [2.75, 3.05) is 12.8 Å². The fourth-order valence-corrected chi connectivity index (χ4v) is 3.28. The summed E-state index contributed by atoms with van der Waals surface area (Å²) in [5.74, 6) is 0.555. The number of halogens is 3. The molecule has 0 bridgehead atoms. The molecule has 2 aromatic rings. The Morgan fingerprint density at radius 1 is 1.15 bits per heavy atom. The van der Waals surface area contributed by atoms with Gasteiger partial charge >= 0.3 is 0 Å². The van der Waals surface area contributed by atoms with Crippen LogP contribution in [-0.4, -0.2) is 12.8 Å². The molecule has 0 aromatic heterocycles. The molecule has 20 heavy (non-hydrogen) atoms. The molecule has 0 aliphatic rings. The Balaban J connectivity index is 2.09. The van der Waals surface area contributed by atoms with Crippen molar-refractivity contribution in [1.29, 1.82) is 0 Å². The molecule has 1 unspecified atom stereocenters. The van der Waals surface area contributed by atoms with E-state index < -0.39 is 0 Å². The molecule has 1 N–H and O–H groups in total. The summed E-state index contributed by atoms with van der Waals surface area (Å²) in [7, 11) is 1.88. The molecular weight excluding hydrogens is 316 g/mol. The molecule has 0 amide bonds. The van der Waals surface area contributed by atoms with Gasteiger partial charge in [-0.15, -0.1) is 11.8 Å². The van der Waals surface area contributed by atoms with Crippen LogP contribution in [0.15, 0.2) is 47.4 Å². The van der Waals surface area contributed by atoms with Crippen molar-refractivity contribution in [2.24, 2.45) is 0 Å². The molecule has 0 aliphatic heterocycles. The van der Waals surface area contributed by atoms with Crippen LogP contribution in [0.1, 0.15) is 11.6 Å². The third-order valence-electron chi connectivity index (χ3n) is 2.91. The number of nitrogens with one attached hydrogen (secondary N) is 1. The van der Waals surface area contributed by atoms with Crippen LogP contribution in [0.3, 0.4) is 0 Å². The van der Waals surface area contributed by atoms with Gasteiger partial charge in [0.15, 0.2) is 0 Å². The van der Waals surface area contributed by atoms with E-state index in [4.69, 9.17) is 23.2 Å². The topological polar surface area (TPSA) is 12.0 Å². The number of rotatable bonds is 5. The van der Waals surface area contributed by atoms with E-state index in [0.717, 1.165) is 16.2 Å². The SMILES string of the molecule is CNC(CSc1ccc(F)cc1)c1cc(Cl)ccc1Cl. The average Bonchev–Trinajstić information content (AvgIpc) is 2.45. The molecule has 0 spiro atoms. The minimum Gasteiger partial charge on any atom is -0.312 e. The molecule has 1 atom stereocenters. The van der Waals surface area contributed by atoms with Crippen molar-refractivity contribution < 1.29 is 4.39 Å². The van der Waals surface area contributed by atoms with Crippen molar-refractivity contribution in [3.63, 3.8) is 0 Å². The number of benzene rings is 2. The van der Waals surface area contributed by atoms with Crippen LogP contribution in [0.5, 0.6) is 0 Å². The summed E-state index contributed by atoms with van der Waals surface area (Å²) in [6.45, 7) is 0. The highest BCUT2D eigenvalue weighted by atomic mass is 35.5. The minimum atomic E-state index is -0.225. The third-order valence-corrected chi connectivity index (χ3v) is 4.60. The summed E-state index contributed by atoms with van der Waals surface area (Å²) in [5.41, 5.74) is 0.969. The van der Waals surface area contributed by atoms with Crippen molar-refractivity contribution in [3.8, 4) is 0 Å². The van der Waals surface area contributed by atoms with Crippen LogP contribution < -0.4 is 5.32 Å². The molecule has 0 saturated carbocycles. The van der Waals surface area contributed by atoms with Crippen LogP contribution in [-0.2, 0) is 0 Å². The maximum atomic E-state index is 12.9. The van der Waals surface area contributed by atoms with Crippen LogP contribution >= 0.6 is 35.0 Å². The normalized spacial score (nSPS) is 12.4. The van der Waals surface area contributed by atoms with Crippen LogP contribution in [0.2, 0.25) is 10.0 Å². The monoisotopic (exact) mass is 329 g/mol. The van der Waals surface area contributed by atoms with Gasteiger partial charge in [-0.2, -0.15) is 0 Å². The summed E-state index contributed by atoms with van der Waals surface area (Å²) in [6.07, 6.45) is 0. The summed E-state index contributed by atoms with van der Waals surface area (Å²) in [4.78, 5) is 1.02. The zero-order chi connectivity index (χ0) is 14.5. The van der Waals surface area contributed by atoms with E-state index in [0.29, 0.717) is 10.0 Å². The quantitative estimate of drug-likeness (QED) is 0.758. The van der Waals surface area contributed by atoms with Gasteiger partial charge in [0.05, 0.1) is 0 Å². The Morgan fingerprint density at radius 3 is 2.50 bits per heavy atom. The zero-order valence-electron chi connectivity index (χ0n) is 10.9. The predicted octanol–water partition coefficient (Wildman–Crippen LogP) is 5.19. The first-order valence-corrected chi connectivity index (χ1v) is 7.85. The van der Waals surface area contributed by atoms with E-state index in [9.17, 15) is 4.39 Å². The third kappa shape index (κ3) is 4.13. The van der Waals surface area contributed by atoms with Gasteiger partial charge in [0.2, 0.25) is 0 Å². The lowest BCUT2D eigenvalue weighted by Gasteiger charge is -2.18. The molecule has 106 valence electrons. The molecule has 0 aliphatic carbocycles. The highest BCUT2D eigenvalue weighted by molar-refractivity contribution is 7.99. The fraction of sp³-hybridized carbons (Fsp3) is 0.200. The number of hydrogen-bond donors (Lipinski definition) is 1. The molecule has 0 heterocycles. The second-order valence-corrected chi connectivity index (χ2v) is 6.21. The predicted molar refractivity (Wildman–Crippen MR) is 85.4 cm³/mol. The van der Waals surface area contributed by atoms with E-state index in [-0.39, 0.29) is 11.9 Å². The molecular formula is C15H14Cl2FNS. The van der Waals surface area contributed by atoms with Gasteiger partial charge in [-0.25, -0.2) is 4.39 Å². The van der Waals surface area contributed by atoms with Crippen LogP contribution in [0.25, 0.3) is 0 Å². The van der Waals surface area contributed by atoms with E-state index in [2.05, 4.69) is 5.32 Å². The highest BCUT2D eigenvalue weighted by Crippen LogP contribution is 2.30. The molecule has 1 nitrogen and oxygen atoms in total. The smallest absolute Gasteiger partial charge is 0.123 e. The number of thioether (sulfide) groups is 1. The molecule has 2 aromatic carbocycles. The Hall–Kier alpha value is -0.740.